The maximum atomic E-state index is 12.4. The van der Waals surface area contributed by atoms with E-state index < -0.39 is 5.97 Å². The molecular formula is C21H20ClNO4. The first kappa shape index (κ1) is 19.0. The van der Waals surface area contributed by atoms with E-state index in [1.165, 1.54) is 0 Å². The molecule has 3 aromatic rings. The Labute approximate surface area is 162 Å². The van der Waals surface area contributed by atoms with Gasteiger partial charge in [0.25, 0.3) is 0 Å². The molecule has 6 heteroatoms. The SMILES string of the molecule is COc1ccc(-c2cc(C(=O)OCCO)c(C)n2-c2ccc(Cl)cc2)cc1. The minimum atomic E-state index is -0.468. The highest BCUT2D eigenvalue weighted by atomic mass is 35.5. The molecule has 140 valence electrons. The predicted octanol–water partition coefficient (Wildman–Crippen LogP) is 4.26. The van der Waals surface area contributed by atoms with Crippen molar-refractivity contribution in [1.82, 2.24) is 4.57 Å². The molecule has 5 nitrogen and oxygen atoms in total. The van der Waals surface area contributed by atoms with Crippen molar-refractivity contribution < 1.29 is 19.4 Å². The second kappa shape index (κ2) is 8.29. The van der Waals surface area contributed by atoms with Gasteiger partial charge in [0.05, 0.1) is 25.0 Å². The fraction of sp³-hybridized carbons (Fsp3) is 0.190. The minimum Gasteiger partial charge on any atom is -0.497 e. The highest BCUT2D eigenvalue weighted by molar-refractivity contribution is 6.30. The fourth-order valence-electron chi connectivity index (χ4n) is 2.93. The van der Waals surface area contributed by atoms with Gasteiger partial charge in [-0.05, 0) is 67.1 Å². The van der Waals surface area contributed by atoms with Crippen LogP contribution in [-0.4, -0.2) is 36.0 Å². The number of aromatic nitrogens is 1. The fourth-order valence-corrected chi connectivity index (χ4v) is 3.05. The van der Waals surface area contributed by atoms with Crippen molar-refractivity contribution in [3.8, 4) is 22.7 Å². The van der Waals surface area contributed by atoms with Gasteiger partial charge in [0.2, 0.25) is 0 Å². The van der Waals surface area contributed by atoms with Crippen LogP contribution in [-0.2, 0) is 4.74 Å². The van der Waals surface area contributed by atoms with Crippen molar-refractivity contribution in [2.24, 2.45) is 0 Å². The zero-order valence-corrected chi connectivity index (χ0v) is 15.9. The summed E-state index contributed by atoms with van der Waals surface area (Å²) < 4.78 is 12.3. The van der Waals surface area contributed by atoms with Crippen LogP contribution in [0.5, 0.6) is 5.75 Å². The van der Waals surface area contributed by atoms with Gasteiger partial charge in [-0.25, -0.2) is 4.79 Å². The molecule has 0 spiro atoms. The zero-order chi connectivity index (χ0) is 19.4. The number of ether oxygens (including phenoxy) is 2. The number of rotatable bonds is 6. The molecule has 0 saturated heterocycles. The number of halogens is 1. The molecule has 3 rings (SSSR count). The lowest BCUT2D eigenvalue weighted by Crippen LogP contribution is -2.10. The van der Waals surface area contributed by atoms with E-state index in [-0.39, 0.29) is 13.2 Å². The molecule has 1 aromatic heterocycles. The third kappa shape index (κ3) is 3.99. The molecule has 0 saturated carbocycles. The molecular weight excluding hydrogens is 366 g/mol. The third-order valence-electron chi connectivity index (χ3n) is 4.26. The van der Waals surface area contributed by atoms with Gasteiger partial charge in [0, 0.05) is 16.4 Å². The summed E-state index contributed by atoms with van der Waals surface area (Å²) in [6, 6.07) is 16.8. The summed E-state index contributed by atoms with van der Waals surface area (Å²) in [6.07, 6.45) is 0. The van der Waals surface area contributed by atoms with Crippen LogP contribution in [0.1, 0.15) is 16.1 Å². The van der Waals surface area contributed by atoms with Gasteiger partial charge in [-0.3, -0.25) is 0 Å². The Kier molecular flexibility index (Phi) is 5.84. The van der Waals surface area contributed by atoms with E-state index in [1.54, 1.807) is 25.3 Å². The number of aliphatic hydroxyl groups excluding tert-OH is 1. The van der Waals surface area contributed by atoms with Crippen LogP contribution in [0.4, 0.5) is 0 Å². The van der Waals surface area contributed by atoms with Gasteiger partial charge in [-0.1, -0.05) is 11.6 Å². The molecule has 27 heavy (non-hydrogen) atoms. The second-order valence-electron chi connectivity index (χ2n) is 5.93. The second-order valence-corrected chi connectivity index (χ2v) is 6.36. The number of carbonyl (C=O) groups is 1. The van der Waals surface area contributed by atoms with E-state index in [0.29, 0.717) is 10.6 Å². The Hall–Kier alpha value is -2.76. The molecule has 1 N–H and O–H groups in total. The largest absolute Gasteiger partial charge is 0.497 e. The van der Waals surface area contributed by atoms with Gasteiger partial charge in [-0.15, -0.1) is 0 Å². The number of hydrogen-bond acceptors (Lipinski definition) is 4. The zero-order valence-electron chi connectivity index (χ0n) is 15.1. The number of methoxy groups -OCH3 is 1. The van der Waals surface area contributed by atoms with Gasteiger partial charge in [-0.2, -0.15) is 0 Å². The minimum absolute atomic E-state index is 0.0394. The van der Waals surface area contributed by atoms with E-state index >= 15 is 0 Å². The average Bonchev–Trinajstić information content (AvgIpc) is 3.04. The van der Waals surface area contributed by atoms with Crippen LogP contribution in [0.2, 0.25) is 5.02 Å². The van der Waals surface area contributed by atoms with Crippen LogP contribution in [0.3, 0.4) is 0 Å². The molecule has 0 radical (unpaired) electrons. The normalized spacial score (nSPS) is 10.7. The highest BCUT2D eigenvalue weighted by Gasteiger charge is 2.20. The van der Waals surface area contributed by atoms with E-state index in [0.717, 1.165) is 28.4 Å². The average molecular weight is 386 g/mol. The smallest absolute Gasteiger partial charge is 0.340 e. The summed E-state index contributed by atoms with van der Waals surface area (Å²) in [4.78, 5) is 12.4. The molecule has 0 aliphatic rings. The van der Waals surface area contributed by atoms with Crippen LogP contribution < -0.4 is 4.74 Å². The topological polar surface area (TPSA) is 60.7 Å². The van der Waals surface area contributed by atoms with Crippen molar-refractivity contribution in [3.63, 3.8) is 0 Å². The van der Waals surface area contributed by atoms with Crippen LogP contribution >= 0.6 is 11.6 Å². The Balaban J connectivity index is 2.14. The standard InChI is InChI=1S/C21H20ClNO4/c1-14-19(21(25)27-12-11-24)13-20(15-3-9-18(26-2)10-4-15)23(14)17-7-5-16(22)6-8-17/h3-10,13,24H,11-12H2,1-2H3. The number of aliphatic hydroxyl groups is 1. The number of nitrogens with zero attached hydrogens (tertiary/aromatic N) is 1. The summed E-state index contributed by atoms with van der Waals surface area (Å²) in [6.45, 7) is 1.60. The molecule has 0 fully saturated rings. The van der Waals surface area contributed by atoms with Gasteiger partial charge < -0.3 is 19.1 Å². The third-order valence-corrected chi connectivity index (χ3v) is 4.51. The van der Waals surface area contributed by atoms with Crippen molar-refractivity contribution in [1.29, 1.82) is 0 Å². The van der Waals surface area contributed by atoms with E-state index in [2.05, 4.69) is 0 Å². The van der Waals surface area contributed by atoms with E-state index in [1.807, 2.05) is 47.9 Å². The van der Waals surface area contributed by atoms with Crippen LogP contribution in [0, 0.1) is 6.92 Å². The molecule has 0 amide bonds. The van der Waals surface area contributed by atoms with Crippen molar-refractivity contribution >= 4 is 17.6 Å². The van der Waals surface area contributed by atoms with E-state index in [9.17, 15) is 4.79 Å². The summed E-state index contributed by atoms with van der Waals surface area (Å²) in [5.41, 5.74) is 3.84. The summed E-state index contributed by atoms with van der Waals surface area (Å²) in [5, 5.41) is 9.55. The lowest BCUT2D eigenvalue weighted by atomic mass is 10.1. The first-order chi connectivity index (χ1) is 13.0. The predicted molar refractivity (Wildman–Crippen MR) is 105 cm³/mol. The number of esters is 1. The van der Waals surface area contributed by atoms with Crippen molar-refractivity contribution in [3.05, 3.63) is 70.9 Å². The molecule has 0 aliphatic heterocycles. The van der Waals surface area contributed by atoms with Gasteiger partial charge >= 0.3 is 5.97 Å². The molecule has 0 unspecified atom stereocenters. The lowest BCUT2D eigenvalue weighted by Gasteiger charge is -2.13. The number of carbonyl (C=O) groups excluding carboxylic acids is 1. The summed E-state index contributed by atoms with van der Waals surface area (Å²) >= 11 is 6.02. The first-order valence-corrected chi connectivity index (χ1v) is 8.83. The van der Waals surface area contributed by atoms with Gasteiger partial charge in [0.1, 0.15) is 12.4 Å². The first-order valence-electron chi connectivity index (χ1n) is 8.46. The monoisotopic (exact) mass is 385 g/mol. The maximum Gasteiger partial charge on any atom is 0.340 e. The van der Waals surface area contributed by atoms with Crippen LogP contribution in [0.15, 0.2) is 54.6 Å². The Morgan fingerprint density at radius 1 is 1.11 bits per heavy atom. The van der Waals surface area contributed by atoms with Crippen molar-refractivity contribution in [2.45, 2.75) is 6.92 Å². The molecule has 0 aliphatic carbocycles. The quantitative estimate of drug-likeness (QED) is 0.644. The number of hydrogen-bond donors (Lipinski definition) is 1. The molecule has 0 bridgehead atoms. The van der Waals surface area contributed by atoms with E-state index in [4.69, 9.17) is 26.2 Å². The molecule has 1 heterocycles. The Morgan fingerprint density at radius 3 is 2.37 bits per heavy atom. The molecule has 2 aromatic carbocycles. The lowest BCUT2D eigenvalue weighted by molar-refractivity contribution is 0.0433. The Morgan fingerprint density at radius 2 is 1.78 bits per heavy atom. The highest BCUT2D eigenvalue weighted by Crippen LogP contribution is 2.31. The number of benzene rings is 2. The van der Waals surface area contributed by atoms with Gasteiger partial charge in [0.15, 0.2) is 0 Å². The summed E-state index contributed by atoms with van der Waals surface area (Å²) in [5.74, 6) is 0.284. The summed E-state index contributed by atoms with van der Waals surface area (Å²) in [7, 11) is 1.62. The Bertz CT molecular complexity index is 930. The molecule has 0 atom stereocenters. The maximum absolute atomic E-state index is 12.4. The van der Waals surface area contributed by atoms with Crippen molar-refractivity contribution in [2.75, 3.05) is 20.3 Å². The van der Waals surface area contributed by atoms with Crippen LogP contribution in [0.25, 0.3) is 16.9 Å².